The summed E-state index contributed by atoms with van der Waals surface area (Å²) in [7, 11) is -3.70. The fourth-order valence-corrected chi connectivity index (χ4v) is 3.09. The van der Waals surface area contributed by atoms with Crippen LogP contribution in [0.25, 0.3) is 0 Å². The molecular formula is C15H13ClN2O2S. The summed E-state index contributed by atoms with van der Waals surface area (Å²) >= 11 is 5.99. The zero-order valence-electron chi connectivity index (χ0n) is 11.3. The molecule has 21 heavy (non-hydrogen) atoms. The molecule has 0 bridgehead atoms. The van der Waals surface area contributed by atoms with Gasteiger partial charge in [0.05, 0.1) is 28.1 Å². The second kappa shape index (κ2) is 6.17. The van der Waals surface area contributed by atoms with Gasteiger partial charge in [0.25, 0.3) is 10.0 Å². The largest absolute Gasteiger partial charge is 0.278 e. The molecule has 6 heteroatoms. The van der Waals surface area contributed by atoms with Crippen LogP contribution < -0.4 is 4.72 Å². The van der Waals surface area contributed by atoms with Gasteiger partial charge in [-0.25, -0.2) is 8.42 Å². The smallest absolute Gasteiger partial charge is 0.261 e. The minimum atomic E-state index is -3.70. The number of hydrogen-bond donors (Lipinski definition) is 1. The lowest BCUT2D eigenvalue weighted by Crippen LogP contribution is -2.13. The number of anilines is 1. The van der Waals surface area contributed by atoms with Crippen LogP contribution in [0, 0.1) is 18.3 Å². The average molecular weight is 321 g/mol. The summed E-state index contributed by atoms with van der Waals surface area (Å²) in [5.41, 5.74) is 2.02. The molecule has 0 radical (unpaired) electrons. The summed E-state index contributed by atoms with van der Waals surface area (Å²) in [4.78, 5) is 0.127. The van der Waals surface area contributed by atoms with Gasteiger partial charge < -0.3 is 0 Å². The number of nitrogens with zero attached hydrogens (tertiary/aromatic N) is 1. The first kappa shape index (κ1) is 15.4. The predicted molar refractivity (Wildman–Crippen MR) is 82.8 cm³/mol. The summed E-state index contributed by atoms with van der Waals surface area (Å²) < 4.78 is 27.1. The predicted octanol–water partition coefficient (Wildman–Crippen LogP) is 3.52. The summed E-state index contributed by atoms with van der Waals surface area (Å²) in [6, 6.07) is 13.3. The molecule has 0 amide bonds. The third-order valence-electron chi connectivity index (χ3n) is 2.88. The van der Waals surface area contributed by atoms with Crippen molar-refractivity contribution in [1.29, 1.82) is 5.26 Å². The van der Waals surface area contributed by atoms with Gasteiger partial charge in [0, 0.05) is 0 Å². The van der Waals surface area contributed by atoms with Crippen LogP contribution >= 0.6 is 11.6 Å². The van der Waals surface area contributed by atoms with Crippen molar-refractivity contribution >= 4 is 27.3 Å². The fraction of sp³-hybridized carbons (Fsp3) is 0.133. The molecule has 4 nitrogen and oxygen atoms in total. The molecule has 0 saturated heterocycles. The monoisotopic (exact) mass is 320 g/mol. The van der Waals surface area contributed by atoms with Crippen LogP contribution in [0.2, 0.25) is 5.02 Å². The van der Waals surface area contributed by atoms with Gasteiger partial charge in [-0.05, 0) is 42.3 Å². The first-order chi connectivity index (χ1) is 9.92. The first-order valence-corrected chi connectivity index (χ1v) is 8.03. The average Bonchev–Trinajstić information content (AvgIpc) is 2.44. The molecule has 2 aromatic rings. The molecule has 2 rings (SSSR count). The molecule has 0 saturated carbocycles. The topological polar surface area (TPSA) is 70.0 Å². The van der Waals surface area contributed by atoms with E-state index in [1.807, 2.05) is 13.0 Å². The van der Waals surface area contributed by atoms with Crippen molar-refractivity contribution in [2.75, 3.05) is 4.72 Å². The Morgan fingerprint density at radius 3 is 2.48 bits per heavy atom. The lowest BCUT2D eigenvalue weighted by Gasteiger charge is -2.10. The van der Waals surface area contributed by atoms with Gasteiger partial charge in [-0.2, -0.15) is 5.26 Å². The second-order valence-electron chi connectivity index (χ2n) is 4.57. The van der Waals surface area contributed by atoms with Gasteiger partial charge in [0.15, 0.2) is 0 Å². The van der Waals surface area contributed by atoms with Crippen LogP contribution in [0.5, 0.6) is 0 Å². The van der Waals surface area contributed by atoms with E-state index in [2.05, 4.69) is 4.72 Å². The van der Waals surface area contributed by atoms with Crippen molar-refractivity contribution < 1.29 is 8.42 Å². The van der Waals surface area contributed by atoms with Crippen molar-refractivity contribution in [3.05, 3.63) is 58.6 Å². The van der Waals surface area contributed by atoms with Crippen molar-refractivity contribution in [3.63, 3.8) is 0 Å². The minimum Gasteiger partial charge on any atom is -0.278 e. The van der Waals surface area contributed by atoms with Gasteiger partial charge in [0.1, 0.15) is 0 Å². The van der Waals surface area contributed by atoms with E-state index in [-0.39, 0.29) is 11.3 Å². The summed E-state index contributed by atoms with van der Waals surface area (Å²) in [5.74, 6) is 0. The number of benzene rings is 2. The van der Waals surface area contributed by atoms with Crippen molar-refractivity contribution in [1.82, 2.24) is 0 Å². The molecule has 0 aliphatic carbocycles. The van der Waals surface area contributed by atoms with E-state index < -0.39 is 10.0 Å². The van der Waals surface area contributed by atoms with E-state index in [4.69, 9.17) is 16.9 Å². The third kappa shape index (κ3) is 3.75. The Labute approximate surface area is 129 Å². The van der Waals surface area contributed by atoms with Crippen LogP contribution in [0.15, 0.2) is 47.4 Å². The Balaban J connectivity index is 2.30. The van der Waals surface area contributed by atoms with Gasteiger partial charge in [-0.1, -0.05) is 29.8 Å². The highest BCUT2D eigenvalue weighted by atomic mass is 35.5. The van der Waals surface area contributed by atoms with Gasteiger partial charge in [-0.15, -0.1) is 0 Å². The molecule has 0 fully saturated rings. The molecule has 0 atom stereocenters. The van der Waals surface area contributed by atoms with Crippen LogP contribution in [-0.4, -0.2) is 8.42 Å². The van der Waals surface area contributed by atoms with Crippen LogP contribution in [0.3, 0.4) is 0 Å². The zero-order valence-corrected chi connectivity index (χ0v) is 12.9. The molecule has 0 heterocycles. The second-order valence-corrected chi connectivity index (χ2v) is 6.66. The molecule has 0 aliphatic heterocycles. The Kier molecular flexibility index (Phi) is 4.51. The molecule has 0 unspecified atom stereocenters. The van der Waals surface area contributed by atoms with Gasteiger partial charge in [-0.3, -0.25) is 4.72 Å². The Hall–Kier alpha value is -2.03. The molecule has 0 aromatic heterocycles. The lowest BCUT2D eigenvalue weighted by molar-refractivity contribution is 0.601. The maximum absolute atomic E-state index is 12.3. The molecule has 2 aromatic carbocycles. The number of aryl methyl sites for hydroxylation is 1. The normalized spacial score (nSPS) is 10.9. The van der Waals surface area contributed by atoms with Gasteiger partial charge >= 0.3 is 0 Å². The van der Waals surface area contributed by atoms with E-state index in [1.54, 1.807) is 30.3 Å². The highest BCUT2D eigenvalue weighted by Gasteiger charge is 2.15. The number of halogens is 1. The maximum atomic E-state index is 12.3. The van der Waals surface area contributed by atoms with E-state index in [9.17, 15) is 8.42 Å². The number of rotatable bonds is 4. The molecule has 0 aliphatic rings. The minimum absolute atomic E-state index is 0.127. The number of hydrogen-bond acceptors (Lipinski definition) is 3. The SMILES string of the molecule is Cc1ccc(Cl)c(NS(=O)(=O)c2ccc(CC#N)cc2)c1. The quantitative estimate of drug-likeness (QED) is 0.937. The third-order valence-corrected chi connectivity index (χ3v) is 4.59. The number of nitrogens with one attached hydrogen (secondary N) is 1. The van der Waals surface area contributed by atoms with E-state index in [1.165, 1.54) is 12.1 Å². The maximum Gasteiger partial charge on any atom is 0.261 e. The lowest BCUT2D eigenvalue weighted by atomic mass is 10.2. The Morgan fingerprint density at radius 1 is 1.19 bits per heavy atom. The van der Waals surface area contributed by atoms with Crippen LogP contribution in [-0.2, 0) is 16.4 Å². The standard InChI is InChI=1S/C15H13ClN2O2S/c1-11-2-7-14(16)15(10-11)18-21(19,20)13-5-3-12(4-6-13)8-9-17/h2-7,10,18H,8H2,1H3. The van der Waals surface area contributed by atoms with Crippen molar-refractivity contribution in [3.8, 4) is 6.07 Å². The summed E-state index contributed by atoms with van der Waals surface area (Å²) in [6.45, 7) is 1.85. The van der Waals surface area contributed by atoms with Crippen molar-refractivity contribution in [2.45, 2.75) is 18.2 Å². The highest BCUT2D eigenvalue weighted by Crippen LogP contribution is 2.25. The molecule has 1 N–H and O–H groups in total. The number of sulfonamides is 1. The first-order valence-electron chi connectivity index (χ1n) is 6.17. The summed E-state index contributed by atoms with van der Waals surface area (Å²) in [6.07, 6.45) is 0.247. The highest BCUT2D eigenvalue weighted by molar-refractivity contribution is 7.92. The molecular weight excluding hydrogens is 308 g/mol. The Bertz CT molecular complexity index is 793. The van der Waals surface area contributed by atoms with Crippen molar-refractivity contribution in [2.24, 2.45) is 0 Å². The van der Waals surface area contributed by atoms with E-state index in [0.29, 0.717) is 10.7 Å². The zero-order chi connectivity index (χ0) is 15.5. The van der Waals surface area contributed by atoms with E-state index in [0.717, 1.165) is 11.1 Å². The number of nitriles is 1. The fourth-order valence-electron chi connectivity index (χ4n) is 1.80. The van der Waals surface area contributed by atoms with E-state index >= 15 is 0 Å². The van der Waals surface area contributed by atoms with Gasteiger partial charge in [0.2, 0.25) is 0 Å². The van der Waals surface area contributed by atoms with Crippen LogP contribution in [0.1, 0.15) is 11.1 Å². The molecule has 0 spiro atoms. The summed E-state index contributed by atoms with van der Waals surface area (Å²) in [5, 5.41) is 8.94. The molecule has 108 valence electrons. The van der Waals surface area contributed by atoms with Crippen LogP contribution in [0.4, 0.5) is 5.69 Å². The Morgan fingerprint density at radius 2 is 1.86 bits per heavy atom.